The van der Waals surface area contributed by atoms with Crippen LogP contribution in [0.2, 0.25) is 0 Å². The van der Waals surface area contributed by atoms with Gasteiger partial charge in [0.15, 0.2) is 0 Å². The van der Waals surface area contributed by atoms with E-state index in [1.165, 1.54) is 0 Å². The highest BCUT2D eigenvalue weighted by atomic mass is 16.3. The number of para-hydroxylation sites is 1. The number of hydrogen-bond donors (Lipinski definition) is 2. The molecular formula is C20H21NO3. The van der Waals surface area contributed by atoms with Crippen LogP contribution >= 0.6 is 0 Å². The number of hydrogen-bond acceptors (Lipinski definition) is 3. The first kappa shape index (κ1) is 15.4. The molecule has 24 heavy (non-hydrogen) atoms. The van der Waals surface area contributed by atoms with Crippen molar-refractivity contribution in [2.75, 3.05) is 11.5 Å². The zero-order valence-corrected chi connectivity index (χ0v) is 13.4. The van der Waals surface area contributed by atoms with Crippen LogP contribution in [-0.2, 0) is 10.2 Å². The molecule has 2 aromatic carbocycles. The Labute approximate surface area is 141 Å². The van der Waals surface area contributed by atoms with E-state index in [1.54, 1.807) is 4.90 Å². The summed E-state index contributed by atoms with van der Waals surface area (Å²) < 4.78 is 0. The SMILES string of the molecule is O=C1N([C@@H](c2ccccc2)[C@H](O)CO)c2ccccc2C12CCC2. The van der Waals surface area contributed by atoms with Gasteiger partial charge in [-0.1, -0.05) is 55.0 Å². The van der Waals surface area contributed by atoms with Gasteiger partial charge in [-0.3, -0.25) is 4.79 Å². The minimum absolute atomic E-state index is 0.0521. The summed E-state index contributed by atoms with van der Waals surface area (Å²) in [7, 11) is 0. The largest absolute Gasteiger partial charge is 0.394 e. The van der Waals surface area contributed by atoms with Gasteiger partial charge in [-0.2, -0.15) is 0 Å². The number of carbonyl (C=O) groups is 1. The smallest absolute Gasteiger partial charge is 0.238 e. The molecule has 4 rings (SSSR count). The molecule has 4 heteroatoms. The number of amides is 1. The normalized spacial score (nSPS) is 20.6. The Morgan fingerprint density at radius 1 is 1.04 bits per heavy atom. The lowest BCUT2D eigenvalue weighted by Gasteiger charge is -2.39. The van der Waals surface area contributed by atoms with E-state index in [0.29, 0.717) is 0 Å². The van der Waals surface area contributed by atoms with Gasteiger partial charge < -0.3 is 15.1 Å². The van der Waals surface area contributed by atoms with E-state index in [1.807, 2.05) is 54.6 Å². The van der Waals surface area contributed by atoms with Gasteiger partial charge in [0.05, 0.1) is 18.1 Å². The van der Waals surface area contributed by atoms with Crippen LogP contribution in [0.3, 0.4) is 0 Å². The number of benzene rings is 2. The van der Waals surface area contributed by atoms with Crippen molar-refractivity contribution in [1.29, 1.82) is 0 Å². The first-order chi connectivity index (χ1) is 11.7. The molecule has 2 aliphatic rings. The molecule has 2 aromatic rings. The van der Waals surface area contributed by atoms with E-state index in [2.05, 4.69) is 0 Å². The minimum atomic E-state index is -1.03. The average Bonchev–Trinajstić information content (AvgIpc) is 2.85. The summed E-state index contributed by atoms with van der Waals surface area (Å²) in [5.41, 5.74) is 2.33. The molecule has 4 nitrogen and oxygen atoms in total. The van der Waals surface area contributed by atoms with E-state index in [-0.39, 0.29) is 5.91 Å². The number of aliphatic hydroxyl groups excluding tert-OH is 2. The van der Waals surface area contributed by atoms with Crippen LogP contribution in [0.4, 0.5) is 5.69 Å². The maximum Gasteiger partial charge on any atom is 0.238 e. The summed E-state index contributed by atoms with van der Waals surface area (Å²) in [6.45, 7) is -0.390. The second-order valence-electron chi connectivity index (χ2n) is 6.73. The van der Waals surface area contributed by atoms with Crippen molar-refractivity contribution in [3.63, 3.8) is 0 Å². The lowest BCUT2D eigenvalue weighted by atomic mass is 9.65. The van der Waals surface area contributed by atoms with Crippen molar-refractivity contribution in [2.45, 2.75) is 36.8 Å². The molecule has 2 atom stereocenters. The van der Waals surface area contributed by atoms with Crippen molar-refractivity contribution in [2.24, 2.45) is 0 Å². The predicted molar refractivity (Wildman–Crippen MR) is 91.7 cm³/mol. The van der Waals surface area contributed by atoms with Crippen LogP contribution in [0.5, 0.6) is 0 Å². The summed E-state index contributed by atoms with van der Waals surface area (Å²) in [5.74, 6) is 0.0521. The Morgan fingerprint density at radius 2 is 1.71 bits per heavy atom. The van der Waals surface area contributed by atoms with Crippen LogP contribution < -0.4 is 4.90 Å². The molecule has 2 N–H and O–H groups in total. The first-order valence-corrected chi connectivity index (χ1v) is 8.46. The molecule has 0 radical (unpaired) electrons. The van der Waals surface area contributed by atoms with Crippen molar-refractivity contribution in [3.8, 4) is 0 Å². The van der Waals surface area contributed by atoms with E-state index in [4.69, 9.17) is 0 Å². The van der Waals surface area contributed by atoms with Gasteiger partial charge in [-0.25, -0.2) is 0 Å². The molecule has 1 fully saturated rings. The monoisotopic (exact) mass is 323 g/mol. The average molecular weight is 323 g/mol. The lowest BCUT2D eigenvalue weighted by molar-refractivity contribution is -0.127. The Hall–Kier alpha value is -2.17. The topological polar surface area (TPSA) is 60.8 Å². The molecule has 1 heterocycles. The maximum absolute atomic E-state index is 13.3. The summed E-state index contributed by atoms with van der Waals surface area (Å²) in [6.07, 6.45) is 1.73. The second-order valence-corrected chi connectivity index (χ2v) is 6.73. The van der Waals surface area contributed by atoms with Gasteiger partial charge in [0, 0.05) is 5.69 Å². The highest BCUT2D eigenvalue weighted by molar-refractivity contribution is 6.09. The highest BCUT2D eigenvalue weighted by Gasteiger charge is 2.56. The van der Waals surface area contributed by atoms with Crippen LogP contribution in [0.15, 0.2) is 54.6 Å². The zero-order chi connectivity index (χ0) is 16.7. The van der Waals surface area contributed by atoms with E-state index >= 15 is 0 Å². The molecule has 124 valence electrons. The fraction of sp³-hybridized carbons (Fsp3) is 0.350. The third-order valence-electron chi connectivity index (χ3n) is 5.49. The van der Waals surface area contributed by atoms with E-state index < -0.39 is 24.2 Å². The van der Waals surface area contributed by atoms with Gasteiger partial charge in [0.1, 0.15) is 6.10 Å². The van der Waals surface area contributed by atoms with Gasteiger partial charge in [0.2, 0.25) is 5.91 Å². The number of fused-ring (bicyclic) bond motifs is 2. The van der Waals surface area contributed by atoms with E-state index in [9.17, 15) is 15.0 Å². The van der Waals surface area contributed by atoms with Gasteiger partial charge >= 0.3 is 0 Å². The predicted octanol–water partition coefficient (Wildman–Crippen LogP) is 2.55. The molecule has 0 unspecified atom stereocenters. The van der Waals surface area contributed by atoms with Gasteiger partial charge in [-0.05, 0) is 30.0 Å². The quantitative estimate of drug-likeness (QED) is 0.909. The molecule has 0 aromatic heterocycles. The van der Waals surface area contributed by atoms with Gasteiger partial charge in [0.25, 0.3) is 0 Å². The molecule has 0 bridgehead atoms. The zero-order valence-electron chi connectivity index (χ0n) is 13.4. The van der Waals surface area contributed by atoms with Crippen LogP contribution in [-0.4, -0.2) is 28.8 Å². The maximum atomic E-state index is 13.3. The van der Waals surface area contributed by atoms with Crippen LogP contribution in [0, 0.1) is 0 Å². The molecular weight excluding hydrogens is 302 g/mol. The first-order valence-electron chi connectivity index (χ1n) is 8.46. The number of anilines is 1. The summed E-state index contributed by atoms with van der Waals surface area (Å²) in [4.78, 5) is 15.0. The van der Waals surface area contributed by atoms with Crippen LogP contribution in [0.1, 0.15) is 36.4 Å². The molecule has 0 saturated heterocycles. The fourth-order valence-electron chi connectivity index (χ4n) is 4.13. The molecule has 1 spiro atoms. The van der Waals surface area contributed by atoms with E-state index in [0.717, 1.165) is 36.1 Å². The standard InChI is InChI=1S/C20H21NO3/c22-13-17(23)18(14-7-2-1-3-8-14)21-16-10-5-4-9-15(16)20(19(21)24)11-6-12-20/h1-5,7-10,17-18,22-23H,6,11-13H2/t17-,18+/m1/s1. The van der Waals surface area contributed by atoms with Crippen molar-refractivity contribution in [1.82, 2.24) is 0 Å². The van der Waals surface area contributed by atoms with Crippen molar-refractivity contribution in [3.05, 3.63) is 65.7 Å². The van der Waals surface area contributed by atoms with Crippen molar-refractivity contribution >= 4 is 11.6 Å². The number of aliphatic hydroxyl groups is 2. The summed E-state index contributed by atoms with van der Waals surface area (Å²) in [5, 5.41) is 20.1. The Morgan fingerprint density at radius 3 is 2.33 bits per heavy atom. The number of carbonyl (C=O) groups excluding carboxylic acids is 1. The summed E-state index contributed by atoms with van der Waals surface area (Å²) >= 11 is 0. The number of rotatable bonds is 4. The third kappa shape index (κ3) is 2.03. The second kappa shape index (κ2) is 5.72. The Bertz CT molecular complexity index is 754. The van der Waals surface area contributed by atoms with Gasteiger partial charge in [-0.15, -0.1) is 0 Å². The Balaban J connectivity index is 1.85. The van der Waals surface area contributed by atoms with Crippen molar-refractivity contribution < 1.29 is 15.0 Å². The molecule has 1 aliphatic carbocycles. The highest BCUT2D eigenvalue weighted by Crippen LogP contribution is 2.55. The molecule has 1 amide bonds. The third-order valence-corrected chi connectivity index (χ3v) is 5.49. The summed E-state index contributed by atoms with van der Waals surface area (Å²) in [6, 6.07) is 16.7. The molecule has 1 saturated carbocycles. The van der Waals surface area contributed by atoms with Crippen LogP contribution in [0.25, 0.3) is 0 Å². The Kier molecular flexibility index (Phi) is 3.66. The molecule has 1 aliphatic heterocycles. The fourth-order valence-corrected chi connectivity index (χ4v) is 4.13. The minimum Gasteiger partial charge on any atom is -0.394 e. The lowest BCUT2D eigenvalue weighted by Crippen LogP contribution is -2.48. The number of nitrogens with zero attached hydrogens (tertiary/aromatic N) is 1.